The average Bonchev–Trinajstić information content (AvgIpc) is 2.63. The minimum Gasteiger partial charge on any atom is -0.481 e. The predicted molar refractivity (Wildman–Crippen MR) is 53.5 cm³/mol. The van der Waals surface area contributed by atoms with E-state index in [1.165, 1.54) is 0 Å². The van der Waals surface area contributed by atoms with E-state index in [0.717, 1.165) is 12.2 Å². The van der Waals surface area contributed by atoms with Gasteiger partial charge in [0.05, 0.1) is 18.8 Å². The van der Waals surface area contributed by atoms with E-state index in [1.807, 2.05) is 12.1 Å². The Bertz CT molecular complexity index is 284. The molecule has 0 bridgehead atoms. The molecular weight excluding hydrogens is 198 g/mol. The lowest BCUT2D eigenvalue weighted by Gasteiger charge is -2.08. The minimum atomic E-state index is -0.990. The van der Waals surface area contributed by atoms with Crippen LogP contribution in [0.3, 0.4) is 0 Å². The molecule has 0 aliphatic heterocycles. The fourth-order valence-corrected chi connectivity index (χ4v) is 1.21. The van der Waals surface area contributed by atoms with Crippen LogP contribution in [0.4, 0.5) is 0 Å². The molecule has 15 heavy (non-hydrogen) atoms. The number of furan rings is 1. The zero-order chi connectivity index (χ0) is 11.1. The molecule has 5 nitrogen and oxygen atoms in total. The van der Waals surface area contributed by atoms with Crippen LogP contribution < -0.4 is 5.32 Å². The molecule has 84 valence electrons. The normalized spacial score (nSPS) is 12.6. The molecule has 5 heteroatoms. The summed E-state index contributed by atoms with van der Waals surface area (Å²) in [6, 6.07) is 3.68. The molecule has 0 saturated heterocycles. The molecule has 3 N–H and O–H groups in total. The highest BCUT2D eigenvalue weighted by Gasteiger charge is 2.08. The van der Waals surface area contributed by atoms with Crippen molar-refractivity contribution in [3.63, 3.8) is 0 Å². The molecular formula is C10H15NO4. The minimum absolute atomic E-state index is 0.228. The summed E-state index contributed by atoms with van der Waals surface area (Å²) in [7, 11) is 0. The third-order valence-corrected chi connectivity index (χ3v) is 1.92. The topological polar surface area (TPSA) is 82.7 Å². The molecule has 1 aromatic heterocycles. The van der Waals surface area contributed by atoms with Crippen LogP contribution in [0.1, 0.15) is 12.2 Å². The van der Waals surface area contributed by atoms with E-state index in [1.54, 1.807) is 6.26 Å². The van der Waals surface area contributed by atoms with Crippen LogP contribution in [0.2, 0.25) is 0 Å². The second-order valence-electron chi connectivity index (χ2n) is 3.29. The van der Waals surface area contributed by atoms with Gasteiger partial charge in [0.2, 0.25) is 0 Å². The molecule has 0 fully saturated rings. The Morgan fingerprint density at radius 1 is 1.60 bits per heavy atom. The number of aliphatic hydroxyl groups is 1. The number of carbonyl (C=O) groups is 1. The Morgan fingerprint density at radius 2 is 2.40 bits per heavy atom. The number of hydrogen-bond acceptors (Lipinski definition) is 4. The number of rotatable bonds is 7. The van der Waals surface area contributed by atoms with Crippen molar-refractivity contribution in [1.29, 1.82) is 0 Å². The van der Waals surface area contributed by atoms with Gasteiger partial charge in [0.15, 0.2) is 0 Å². The van der Waals surface area contributed by atoms with Gasteiger partial charge >= 0.3 is 5.97 Å². The Kier molecular flexibility index (Phi) is 4.86. The number of aliphatic carboxylic acids is 1. The van der Waals surface area contributed by atoms with Gasteiger partial charge < -0.3 is 19.9 Å². The molecule has 1 atom stereocenters. The second-order valence-corrected chi connectivity index (χ2v) is 3.29. The van der Waals surface area contributed by atoms with Gasteiger partial charge in [-0.1, -0.05) is 0 Å². The van der Waals surface area contributed by atoms with Crippen LogP contribution in [0.25, 0.3) is 0 Å². The maximum atomic E-state index is 10.2. The highest BCUT2D eigenvalue weighted by Crippen LogP contribution is 1.99. The van der Waals surface area contributed by atoms with Crippen LogP contribution in [0, 0.1) is 0 Å². The van der Waals surface area contributed by atoms with Crippen molar-refractivity contribution in [2.24, 2.45) is 0 Å². The molecule has 1 heterocycles. The molecule has 0 spiro atoms. The van der Waals surface area contributed by atoms with Crippen molar-refractivity contribution in [1.82, 2.24) is 5.32 Å². The van der Waals surface area contributed by atoms with Crippen molar-refractivity contribution in [2.75, 3.05) is 13.1 Å². The molecule has 0 aromatic carbocycles. The summed E-state index contributed by atoms with van der Waals surface area (Å²) >= 11 is 0. The van der Waals surface area contributed by atoms with Crippen molar-refractivity contribution in [3.05, 3.63) is 24.2 Å². The zero-order valence-corrected chi connectivity index (χ0v) is 8.35. The Labute approximate surface area is 87.7 Å². The van der Waals surface area contributed by atoms with Crippen molar-refractivity contribution in [3.8, 4) is 0 Å². The Balaban J connectivity index is 2.04. The highest BCUT2D eigenvalue weighted by molar-refractivity contribution is 5.67. The van der Waals surface area contributed by atoms with Crippen LogP contribution in [0.15, 0.2) is 22.8 Å². The number of hydrogen-bond donors (Lipinski definition) is 3. The summed E-state index contributed by atoms with van der Waals surface area (Å²) in [5.74, 6) is -0.120. The summed E-state index contributed by atoms with van der Waals surface area (Å²) in [5, 5.41) is 20.6. The van der Waals surface area contributed by atoms with Crippen LogP contribution in [-0.2, 0) is 11.2 Å². The summed E-state index contributed by atoms with van der Waals surface area (Å²) in [4.78, 5) is 10.2. The van der Waals surface area contributed by atoms with Gasteiger partial charge in [0.1, 0.15) is 5.76 Å². The van der Waals surface area contributed by atoms with E-state index < -0.39 is 12.1 Å². The summed E-state index contributed by atoms with van der Waals surface area (Å²) < 4.78 is 5.11. The third-order valence-electron chi connectivity index (χ3n) is 1.92. The predicted octanol–water partition coefficient (Wildman–Crippen LogP) is 0.247. The average molecular weight is 213 g/mol. The van der Waals surface area contributed by atoms with Crippen molar-refractivity contribution in [2.45, 2.75) is 18.9 Å². The van der Waals surface area contributed by atoms with Crippen molar-refractivity contribution < 1.29 is 19.4 Å². The first kappa shape index (κ1) is 11.7. The van der Waals surface area contributed by atoms with Crippen molar-refractivity contribution >= 4 is 5.97 Å². The first-order valence-corrected chi connectivity index (χ1v) is 4.81. The van der Waals surface area contributed by atoms with Crippen LogP contribution >= 0.6 is 0 Å². The lowest BCUT2D eigenvalue weighted by molar-refractivity contribution is -0.139. The summed E-state index contributed by atoms with van der Waals surface area (Å²) in [6.45, 7) is 0.942. The smallest absolute Gasteiger partial charge is 0.306 e. The van der Waals surface area contributed by atoms with Crippen LogP contribution in [-0.4, -0.2) is 35.4 Å². The van der Waals surface area contributed by atoms with E-state index in [9.17, 15) is 9.90 Å². The first-order chi connectivity index (χ1) is 7.18. The van der Waals surface area contributed by atoms with Crippen LogP contribution in [0.5, 0.6) is 0 Å². The van der Waals surface area contributed by atoms with E-state index in [2.05, 4.69) is 5.32 Å². The van der Waals surface area contributed by atoms with E-state index >= 15 is 0 Å². The van der Waals surface area contributed by atoms with Gasteiger partial charge in [-0.2, -0.15) is 0 Å². The molecule has 1 unspecified atom stereocenters. The maximum Gasteiger partial charge on any atom is 0.306 e. The SMILES string of the molecule is O=C(O)CC(O)CNCCc1ccco1. The highest BCUT2D eigenvalue weighted by atomic mass is 16.4. The van der Waals surface area contributed by atoms with Gasteiger partial charge in [0, 0.05) is 19.5 Å². The molecule has 0 aliphatic rings. The van der Waals surface area contributed by atoms with E-state index in [4.69, 9.17) is 9.52 Å². The number of carboxylic acids is 1. The first-order valence-electron chi connectivity index (χ1n) is 4.81. The van der Waals surface area contributed by atoms with E-state index in [0.29, 0.717) is 6.54 Å². The van der Waals surface area contributed by atoms with Gasteiger partial charge in [-0.3, -0.25) is 4.79 Å². The van der Waals surface area contributed by atoms with Gasteiger partial charge in [0.25, 0.3) is 0 Å². The summed E-state index contributed by atoms with van der Waals surface area (Å²) in [6.07, 6.45) is 1.27. The number of aliphatic hydroxyl groups excluding tert-OH is 1. The zero-order valence-electron chi connectivity index (χ0n) is 8.35. The molecule has 0 aliphatic carbocycles. The van der Waals surface area contributed by atoms with Gasteiger partial charge in [-0.05, 0) is 12.1 Å². The standard InChI is InChI=1S/C10H15NO4/c12-8(6-10(13)14)7-11-4-3-9-2-1-5-15-9/h1-2,5,8,11-12H,3-4,6-7H2,(H,13,14). The third kappa shape index (κ3) is 5.19. The fourth-order valence-electron chi connectivity index (χ4n) is 1.21. The van der Waals surface area contributed by atoms with Gasteiger partial charge in [-0.15, -0.1) is 0 Å². The molecule has 1 rings (SSSR count). The largest absolute Gasteiger partial charge is 0.481 e. The maximum absolute atomic E-state index is 10.2. The number of carboxylic acid groups (broad SMARTS) is 1. The molecule has 0 saturated carbocycles. The summed E-state index contributed by atoms with van der Waals surface area (Å²) in [5.41, 5.74) is 0. The van der Waals surface area contributed by atoms with E-state index in [-0.39, 0.29) is 13.0 Å². The quantitative estimate of drug-likeness (QED) is 0.565. The fraction of sp³-hybridized carbons (Fsp3) is 0.500. The Hall–Kier alpha value is -1.33. The Morgan fingerprint density at radius 3 is 3.00 bits per heavy atom. The lowest BCUT2D eigenvalue weighted by Crippen LogP contribution is -2.30. The lowest BCUT2D eigenvalue weighted by atomic mass is 10.2. The number of nitrogens with one attached hydrogen (secondary N) is 1. The monoisotopic (exact) mass is 213 g/mol. The molecule has 1 aromatic rings. The molecule has 0 radical (unpaired) electrons. The van der Waals surface area contributed by atoms with Gasteiger partial charge in [-0.25, -0.2) is 0 Å². The molecule has 0 amide bonds. The second kappa shape index (κ2) is 6.21.